The van der Waals surface area contributed by atoms with Gasteiger partial charge in [0, 0.05) is 24.2 Å². The molecule has 0 saturated carbocycles. The van der Waals surface area contributed by atoms with Gasteiger partial charge in [-0.1, -0.05) is 41.0 Å². The number of halogens is 1. The largest absolute Gasteiger partial charge is 0.370 e. The van der Waals surface area contributed by atoms with Crippen molar-refractivity contribution in [3.63, 3.8) is 0 Å². The van der Waals surface area contributed by atoms with E-state index in [9.17, 15) is 4.79 Å². The fourth-order valence-electron chi connectivity index (χ4n) is 3.30. The first-order valence-corrected chi connectivity index (χ1v) is 8.06. The van der Waals surface area contributed by atoms with Crippen molar-refractivity contribution in [2.45, 2.75) is 13.8 Å². The molecule has 0 amide bonds. The molecule has 3 aromatic rings. The van der Waals surface area contributed by atoms with Gasteiger partial charge >= 0.3 is 0 Å². The van der Waals surface area contributed by atoms with Crippen molar-refractivity contribution in [1.82, 2.24) is 5.16 Å². The van der Waals surface area contributed by atoms with Crippen molar-refractivity contribution in [1.29, 1.82) is 0 Å². The normalized spacial score (nSPS) is 12.6. The molecule has 116 valence electrons. The number of rotatable bonds is 3. The number of benzene rings is 2. The molecule has 0 radical (unpaired) electrons. The standard InChI is InChI=1S/C18H15ClN2O2/c1-3-21(4-2)13-9-12(19)14-15-16(13)20-23-18(15)11-8-6-5-7-10(11)17(14)22/h5-9H,3-4H2,1-2H3. The van der Waals surface area contributed by atoms with Crippen LogP contribution in [0.25, 0.3) is 22.2 Å². The van der Waals surface area contributed by atoms with E-state index < -0.39 is 0 Å². The molecule has 0 saturated heterocycles. The number of nitrogens with zero attached hydrogens (tertiary/aromatic N) is 2. The first kappa shape index (κ1) is 14.3. The van der Waals surface area contributed by atoms with Crippen LogP contribution in [0.5, 0.6) is 0 Å². The number of carbonyl (C=O) groups excluding carboxylic acids is 1. The highest BCUT2D eigenvalue weighted by atomic mass is 35.5. The Labute approximate surface area is 138 Å². The van der Waals surface area contributed by atoms with Crippen molar-refractivity contribution in [2.75, 3.05) is 18.0 Å². The first-order chi connectivity index (χ1) is 11.2. The lowest BCUT2D eigenvalue weighted by Crippen LogP contribution is -2.22. The molecular formula is C18H15ClN2O2. The maximum Gasteiger partial charge on any atom is 0.196 e. The lowest BCUT2D eigenvalue weighted by Gasteiger charge is -2.23. The summed E-state index contributed by atoms with van der Waals surface area (Å²) in [6, 6.07) is 9.23. The molecule has 0 bridgehead atoms. The molecule has 1 aromatic heterocycles. The lowest BCUT2D eigenvalue weighted by molar-refractivity contribution is 0.104. The van der Waals surface area contributed by atoms with Crippen LogP contribution in [0.1, 0.15) is 29.8 Å². The fourth-order valence-corrected chi connectivity index (χ4v) is 3.59. The second kappa shape index (κ2) is 5.10. The van der Waals surface area contributed by atoms with Crippen LogP contribution in [0.15, 0.2) is 34.9 Å². The molecule has 1 aliphatic rings. The van der Waals surface area contributed by atoms with E-state index in [0.717, 1.165) is 29.7 Å². The molecular weight excluding hydrogens is 312 g/mol. The van der Waals surface area contributed by atoms with Gasteiger partial charge in [0.2, 0.25) is 0 Å². The van der Waals surface area contributed by atoms with Crippen LogP contribution < -0.4 is 4.90 Å². The summed E-state index contributed by atoms with van der Waals surface area (Å²) in [7, 11) is 0. The molecule has 0 atom stereocenters. The number of hydrogen-bond acceptors (Lipinski definition) is 4. The van der Waals surface area contributed by atoms with Crippen molar-refractivity contribution in [3.8, 4) is 11.3 Å². The van der Waals surface area contributed by atoms with E-state index in [4.69, 9.17) is 16.1 Å². The van der Waals surface area contributed by atoms with Crippen LogP contribution >= 0.6 is 11.6 Å². The molecule has 1 aliphatic carbocycles. The number of carbonyl (C=O) groups is 1. The summed E-state index contributed by atoms with van der Waals surface area (Å²) in [5.74, 6) is 0.554. The van der Waals surface area contributed by atoms with Gasteiger partial charge in [-0.25, -0.2) is 0 Å². The minimum absolute atomic E-state index is 0.0719. The van der Waals surface area contributed by atoms with Gasteiger partial charge in [-0.3, -0.25) is 4.79 Å². The third-order valence-corrected chi connectivity index (χ3v) is 4.73. The van der Waals surface area contributed by atoms with E-state index in [2.05, 4.69) is 23.9 Å². The number of anilines is 1. The maximum atomic E-state index is 12.9. The predicted molar refractivity (Wildman–Crippen MR) is 91.4 cm³/mol. The molecule has 0 aliphatic heterocycles. The average molecular weight is 327 g/mol. The summed E-state index contributed by atoms with van der Waals surface area (Å²) >= 11 is 6.47. The predicted octanol–water partition coefficient (Wildman–Crippen LogP) is 4.54. The van der Waals surface area contributed by atoms with E-state index in [0.29, 0.717) is 27.4 Å². The Morgan fingerprint density at radius 2 is 1.87 bits per heavy atom. The number of aromatic nitrogens is 1. The first-order valence-electron chi connectivity index (χ1n) is 7.68. The van der Waals surface area contributed by atoms with Gasteiger partial charge < -0.3 is 9.42 Å². The Hall–Kier alpha value is -2.33. The summed E-state index contributed by atoms with van der Waals surface area (Å²) in [4.78, 5) is 15.0. The van der Waals surface area contributed by atoms with Gasteiger partial charge in [0.05, 0.1) is 21.7 Å². The van der Waals surface area contributed by atoms with Gasteiger partial charge in [-0.2, -0.15) is 0 Å². The molecule has 23 heavy (non-hydrogen) atoms. The highest BCUT2D eigenvalue weighted by Gasteiger charge is 2.32. The second-order valence-corrected chi connectivity index (χ2v) is 5.94. The molecule has 4 nitrogen and oxygen atoms in total. The molecule has 0 unspecified atom stereocenters. The van der Waals surface area contributed by atoms with Gasteiger partial charge in [-0.15, -0.1) is 0 Å². The molecule has 0 N–H and O–H groups in total. The Morgan fingerprint density at radius 3 is 2.57 bits per heavy atom. The van der Waals surface area contributed by atoms with E-state index in [1.165, 1.54) is 0 Å². The zero-order chi connectivity index (χ0) is 16.1. The Bertz CT molecular complexity index is 942. The second-order valence-electron chi connectivity index (χ2n) is 5.53. The minimum Gasteiger partial charge on any atom is -0.370 e. The monoisotopic (exact) mass is 326 g/mol. The molecule has 0 spiro atoms. The number of hydrogen-bond donors (Lipinski definition) is 0. The van der Waals surface area contributed by atoms with Crippen molar-refractivity contribution < 1.29 is 9.32 Å². The van der Waals surface area contributed by atoms with E-state index in [1.807, 2.05) is 24.3 Å². The van der Waals surface area contributed by atoms with Crippen LogP contribution in [0.3, 0.4) is 0 Å². The molecule has 0 fully saturated rings. The van der Waals surface area contributed by atoms with Gasteiger partial charge in [0.25, 0.3) is 0 Å². The van der Waals surface area contributed by atoms with Crippen molar-refractivity contribution >= 4 is 34.0 Å². The zero-order valence-corrected chi connectivity index (χ0v) is 13.6. The SMILES string of the molecule is CCN(CC)c1cc(Cl)c2c3c(onc13)-c1ccccc1C2=O. The summed E-state index contributed by atoms with van der Waals surface area (Å²) in [5.41, 5.74) is 3.48. The van der Waals surface area contributed by atoms with Crippen LogP contribution in [-0.4, -0.2) is 24.0 Å². The zero-order valence-electron chi connectivity index (χ0n) is 12.9. The van der Waals surface area contributed by atoms with E-state index >= 15 is 0 Å². The minimum atomic E-state index is -0.0719. The Balaban J connectivity index is 2.12. The number of ketones is 1. The van der Waals surface area contributed by atoms with Gasteiger partial charge in [0.15, 0.2) is 11.5 Å². The summed E-state index contributed by atoms with van der Waals surface area (Å²) in [5, 5.41) is 5.43. The third-order valence-electron chi connectivity index (χ3n) is 4.43. The highest BCUT2D eigenvalue weighted by molar-refractivity contribution is 6.39. The van der Waals surface area contributed by atoms with Crippen LogP contribution in [0.4, 0.5) is 5.69 Å². The van der Waals surface area contributed by atoms with Crippen LogP contribution in [0, 0.1) is 0 Å². The summed E-state index contributed by atoms with van der Waals surface area (Å²) in [6.45, 7) is 5.80. The van der Waals surface area contributed by atoms with E-state index in [-0.39, 0.29) is 5.78 Å². The topological polar surface area (TPSA) is 46.3 Å². The summed E-state index contributed by atoms with van der Waals surface area (Å²) < 4.78 is 5.62. The smallest absolute Gasteiger partial charge is 0.196 e. The van der Waals surface area contributed by atoms with Crippen molar-refractivity contribution in [2.24, 2.45) is 0 Å². The van der Waals surface area contributed by atoms with Crippen molar-refractivity contribution in [3.05, 3.63) is 46.5 Å². The van der Waals surface area contributed by atoms with Gasteiger partial charge in [0.1, 0.15) is 5.52 Å². The Morgan fingerprint density at radius 1 is 1.17 bits per heavy atom. The molecule has 5 heteroatoms. The average Bonchev–Trinajstić information content (AvgIpc) is 3.00. The molecule has 1 heterocycles. The molecule has 2 aromatic carbocycles. The van der Waals surface area contributed by atoms with E-state index in [1.54, 1.807) is 6.07 Å². The quantitative estimate of drug-likeness (QED) is 0.554. The fraction of sp³-hybridized carbons (Fsp3) is 0.222. The Kier molecular flexibility index (Phi) is 3.16. The maximum absolute atomic E-state index is 12.9. The molecule has 4 rings (SSSR count). The lowest BCUT2D eigenvalue weighted by atomic mass is 9.87. The number of fused-ring (bicyclic) bond motifs is 2. The van der Waals surface area contributed by atoms with Crippen LogP contribution in [0.2, 0.25) is 5.02 Å². The third kappa shape index (κ3) is 1.85. The van der Waals surface area contributed by atoms with Gasteiger partial charge in [-0.05, 0) is 19.9 Å². The summed E-state index contributed by atoms with van der Waals surface area (Å²) in [6.07, 6.45) is 0. The highest BCUT2D eigenvalue weighted by Crippen LogP contribution is 2.45. The van der Waals surface area contributed by atoms with Crippen LogP contribution in [-0.2, 0) is 0 Å².